The minimum Gasteiger partial charge on any atom is -0.496 e. The number of fused-ring (bicyclic) bond motifs is 1. The Morgan fingerprint density at radius 1 is 1.07 bits per heavy atom. The first kappa shape index (κ1) is 18.4. The zero-order valence-corrected chi connectivity index (χ0v) is 15.8. The summed E-state index contributed by atoms with van der Waals surface area (Å²) in [5, 5.41) is 18.4. The Bertz CT molecular complexity index is 1210. The summed E-state index contributed by atoms with van der Waals surface area (Å²) in [5.41, 5.74) is 2.10. The average Bonchev–Trinajstić information content (AvgIpc) is 3.02. The van der Waals surface area contributed by atoms with Gasteiger partial charge in [-0.2, -0.15) is 10.1 Å². The van der Waals surface area contributed by atoms with Crippen molar-refractivity contribution in [3.8, 4) is 5.75 Å². The number of benzene rings is 3. The first-order valence-electron chi connectivity index (χ1n) is 8.91. The Kier molecular flexibility index (Phi) is 4.56. The number of nitro benzene ring substituents is 1. The number of methoxy groups -OCH3 is 1. The second-order valence-electron chi connectivity index (χ2n) is 6.54. The molecule has 1 aliphatic rings. The average molecular weight is 387 g/mol. The zero-order valence-electron chi connectivity index (χ0n) is 15.8. The normalized spacial score (nSPS) is 15.1. The molecule has 3 aromatic rings. The van der Waals surface area contributed by atoms with Gasteiger partial charge in [0.05, 0.1) is 29.0 Å². The van der Waals surface area contributed by atoms with E-state index in [1.165, 1.54) is 23.2 Å². The number of anilines is 1. The van der Waals surface area contributed by atoms with Gasteiger partial charge in [-0.25, -0.2) is 0 Å². The van der Waals surface area contributed by atoms with Gasteiger partial charge in [0.25, 0.3) is 11.6 Å². The van der Waals surface area contributed by atoms with Crippen LogP contribution < -0.4 is 9.75 Å². The van der Waals surface area contributed by atoms with E-state index in [0.29, 0.717) is 17.0 Å². The van der Waals surface area contributed by atoms with Crippen LogP contribution >= 0.6 is 0 Å². The van der Waals surface area contributed by atoms with E-state index in [1.54, 1.807) is 26.2 Å². The molecule has 0 fully saturated rings. The van der Waals surface area contributed by atoms with Crippen LogP contribution in [0.2, 0.25) is 0 Å². The van der Waals surface area contributed by atoms with Crippen LogP contribution in [0.5, 0.6) is 5.75 Å². The van der Waals surface area contributed by atoms with E-state index in [1.807, 2.05) is 36.4 Å². The highest BCUT2D eigenvalue weighted by molar-refractivity contribution is 6.32. The Labute approximate surface area is 166 Å². The first-order valence-corrected chi connectivity index (χ1v) is 8.91. The van der Waals surface area contributed by atoms with E-state index in [2.05, 4.69) is 5.10 Å². The van der Waals surface area contributed by atoms with Crippen molar-refractivity contribution in [2.45, 2.75) is 6.92 Å². The highest BCUT2D eigenvalue weighted by atomic mass is 16.6. The topological polar surface area (TPSA) is 85.0 Å². The molecular formula is C22H17N3O4. The van der Waals surface area contributed by atoms with Crippen molar-refractivity contribution >= 4 is 39.8 Å². The predicted molar refractivity (Wildman–Crippen MR) is 112 cm³/mol. The Morgan fingerprint density at radius 2 is 1.83 bits per heavy atom. The number of rotatable bonds is 4. The lowest BCUT2D eigenvalue weighted by atomic mass is 10.00. The summed E-state index contributed by atoms with van der Waals surface area (Å²) in [5.74, 6) is 0.423. The van der Waals surface area contributed by atoms with Crippen molar-refractivity contribution in [1.29, 1.82) is 0 Å². The van der Waals surface area contributed by atoms with Gasteiger partial charge in [-0.15, -0.1) is 0 Å². The lowest BCUT2D eigenvalue weighted by Gasteiger charge is -2.11. The number of ether oxygens (including phenoxy) is 1. The number of amides is 1. The molecule has 0 radical (unpaired) electrons. The molecule has 3 aromatic carbocycles. The standard InChI is InChI=1S/C22H17N3O4/c1-14-20(12-15-10-11-21(29-2)19-9-4-3-8-18(15)19)22(26)24(23-14)16-6-5-7-17(13-16)25(27)28/h3-13H,1-2H3/b20-12-. The van der Waals surface area contributed by atoms with Gasteiger partial charge in [-0.3, -0.25) is 14.9 Å². The van der Waals surface area contributed by atoms with Gasteiger partial charge in [0.15, 0.2) is 0 Å². The molecule has 4 rings (SSSR count). The molecule has 7 heteroatoms. The number of hydrazone groups is 1. The van der Waals surface area contributed by atoms with E-state index < -0.39 is 4.92 Å². The molecule has 0 unspecified atom stereocenters. The van der Waals surface area contributed by atoms with Crippen molar-refractivity contribution in [2.75, 3.05) is 12.1 Å². The van der Waals surface area contributed by atoms with Gasteiger partial charge < -0.3 is 4.74 Å². The summed E-state index contributed by atoms with van der Waals surface area (Å²) in [6.45, 7) is 1.74. The number of hydrogen-bond donors (Lipinski definition) is 0. The predicted octanol–water partition coefficient (Wildman–Crippen LogP) is 4.56. The molecule has 0 bridgehead atoms. The van der Waals surface area contributed by atoms with Crippen LogP contribution in [0.15, 0.2) is 71.3 Å². The quantitative estimate of drug-likeness (QED) is 0.373. The van der Waals surface area contributed by atoms with Crippen molar-refractivity contribution in [1.82, 2.24) is 0 Å². The number of nitrogens with zero attached hydrogens (tertiary/aromatic N) is 3. The number of carbonyl (C=O) groups is 1. The third-order valence-electron chi connectivity index (χ3n) is 4.79. The maximum Gasteiger partial charge on any atom is 0.280 e. The van der Waals surface area contributed by atoms with Crippen LogP contribution in [0.3, 0.4) is 0 Å². The Hall–Kier alpha value is -4.00. The van der Waals surface area contributed by atoms with E-state index in [4.69, 9.17) is 4.74 Å². The van der Waals surface area contributed by atoms with Crippen LogP contribution in [0.4, 0.5) is 11.4 Å². The second-order valence-corrected chi connectivity index (χ2v) is 6.54. The summed E-state index contributed by atoms with van der Waals surface area (Å²) in [4.78, 5) is 23.6. The second kappa shape index (κ2) is 7.20. The van der Waals surface area contributed by atoms with Gasteiger partial charge in [0.2, 0.25) is 0 Å². The lowest BCUT2D eigenvalue weighted by molar-refractivity contribution is -0.384. The maximum absolute atomic E-state index is 13.0. The first-order chi connectivity index (χ1) is 14.0. The molecule has 1 aliphatic heterocycles. The van der Waals surface area contributed by atoms with Crippen LogP contribution in [0.1, 0.15) is 12.5 Å². The molecule has 0 atom stereocenters. The summed E-state index contributed by atoms with van der Waals surface area (Å²) in [6.07, 6.45) is 1.79. The molecule has 0 spiro atoms. The molecule has 0 N–H and O–H groups in total. The highest BCUT2D eigenvalue weighted by Gasteiger charge is 2.29. The minimum absolute atomic E-state index is 0.0956. The van der Waals surface area contributed by atoms with Crippen LogP contribution in [0.25, 0.3) is 16.8 Å². The molecule has 0 aliphatic carbocycles. The molecular weight excluding hydrogens is 370 g/mol. The van der Waals surface area contributed by atoms with Crippen LogP contribution in [0, 0.1) is 10.1 Å². The summed E-state index contributed by atoms with van der Waals surface area (Å²) >= 11 is 0. The largest absolute Gasteiger partial charge is 0.496 e. The molecule has 0 aromatic heterocycles. The lowest BCUT2D eigenvalue weighted by Crippen LogP contribution is -2.21. The molecule has 29 heavy (non-hydrogen) atoms. The fourth-order valence-electron chi connectivity index (χ4n) is 3.35. The molecule has 1 amide bonds. The monoisotopic (exact) mass is 387 g/mol. The summed E-state index contributed by atoms with van der Waals surface area (Å²) in [7, 11) is 1.62. The smallest absolute Gasteiger partial charge is 0.280 e. The Balaban J connectivity index is 1.76. The summed E-state index contributed by atoms with van der Waals surface area (Å²) in [6, 6.07) is 17.4. The Morgan fingerprint density at radius 3 is 2.55 bits per heavy atom. The maximum atomic E-state index is 13.0. The van der Waals surface area contributed by atoms with E-state index in [-0.39, 0.29) is 11.6 Å². The minimum atomic E-state index is -0.499. The SMILES string of the molecule is COc1ccc(/C=C2\C(=O)N(c3cccc([N+](=O)[O-])c3)N=C2C)c2ccccc12. The van der Waals surface area contributed by atoms with Gasteiger partial charge >= 0.3 is 0 Å². The van der Waals surface area contributed by atoms with Gasteiger partial charge in [-0.05, 0) is 36.1 Å². The molecule has 1 heterocycles. The fraction of sp³-hybridized carbons (Fsp3) is 0.0909. The molecule has 144 valence electrons. The van der Waals surface area contributed by atoms with Gasteiger partial charge in [0, 0.05) is 17.5 Å². The van der Waals surface area contributed by atoms with Crippen molar-refractivity contribution in [3.63, 3.8) is 0 Å². The highest BCUT2D eigenvalue weighted by Crippen LogP contribution is 2.32. The molecule has 0 saturated carbocycles. The van der Waals surface area contributed by atoms with E-state index in [0.717, 1.165) is 22.1 Å². The summed E-state index contributed by atoms with van der Waals surface area (Å²) < 4.78 is 5.43. The number of carbonyl (C=O) groups excluding carboxylic acids is 1. The van der Waals surface area contributed by atoms with Crippen LogP contribution in [-0.2, 0) is 4.79 Å². The van der Waals surface area contributed by atoms with Crippen molar-refractivity contribution in [3.05, 3.63) is 81.9 Å². The number of hydrogen-bond acceptors (Lipinski definition) is 5. The van der Waals surface area contributed by atoms with Gasteiger partial charge in [0.1, 0.15) is 5.75 Å². The van der Waals surface area contributed by atoms with Crippen molar-refractivity contribution < 1.29 is 14.5 Å². The van der Waals surface area contributed by atoms with Crippen LogP contribution in [-0.4, -0.2) is 23.7 Å². The number of non-ortho nitro benzene ring substituents is 1. The van der Waals surface area contributed by atoms with E-state index >= 15 is 0 Å². The van der Waals surface area contributed by atoms with Crippen molar-refractivity contribution in [2.24, 2.45) is 5.10 Å². The van der Waals surface area contributed by atoms with E-state index in [9.17, 15) is 14.9 Å². The fourth-order valence-corrected chi connectivity index (χ4v) is 3.35. The molecule has 0 saturated heterocycles. The van der Waals surface area contributed by atoms with Gasteiger partial charge in [-0.1, -0.05) is 36.4 Å². The number of nitro groups is 1. The molecule has 7 nitrogen and oxygen atoms in total. The third kappa shape index (κ3) is 3.23. The zero-order chi connectivity index (χ0) is 20.5. The third-order valence-corrected chi connectivity index (χ3v) is 4.79.